The number of aliphatic hydroxyl groups is 1. The van der Waals surface area contributed by atoms with Crippen LogP contribution < -0.4 is 0 Å². The van der Waals surface area contributed by atoms with E-state index >= 15 is 0 Å². The van der Waals surface area contributed by atoms with Crippen molar-refractivity contribution in [2.75, 3.05) is 25.6 Å². The molecule has 0 saturated carbocycles. The number of hydrogen-bond acceptors (Lipinski definition) is 4. The van der Waals surface area contributed by atoms with E-state index in [1.165, 1.54) is 6.26 Å². The first-order valence-corrected chi connectivity index (χ1v) is 6.88. The van der Waals surface area contributed by atoms with Crippen molar-refractivity contribution < 1.29 is 13.5 Å². The Labute approximate surface area is 85.8 Å². The number of β-amino-alcohol motifs (C(OH)–C–C–N with tert-alkyl or cyclic N) is 1. The number of rotatable bonds is 3. The smallest absolute Gasteiger partial charge is 0.147 e. The van der Waals surface area contributed by atoms with Crippen LogP contribution in [-0.2, 0) is 9.84 Å². The van der Waals surface area contributed by atoms with Crippen LogP contribution >= 0.6 is 0 Å². The molecule has 1 fully saturated rings. The van der Waals surface area contributed by atoms with E-state index in [0.29, 0.717) is 25.4 Å². The van der Waals surface area contributed by atoms with Crippen molar-refractivity contribution in [2.45, 2.75) is 31.4 Å². The fourth-order valence-electron chi connectivity index (χ4n) is 1.95. The zero-order valence-electron chi connectivity index (χ0n) is 9.02. The molecule has 0 aromatic carbocycles. The van der Waals surface area contributed by atoms with Crippen LogP contribution in [0.5, 0.6) is 0 Å². The molecule has 0 aromatic rings. The molecule has 0 aliphatic carbocycles. The first-order chi connectivity index (χ1) is 6.22. The summed E-state index contributed by atoms with van der Waals surface area (Å²) in [5.41, 5.74) is -0.808. The largest absolute Gasteiger partial charge is 0.388 e. The van der Waals surface area contributed by atoms with Crippen LogP contribution in [0.4, 0.5) is 0 Å². The summed E-state index contributed by atoms with van der Waals surface area (Å²) in [6, 6.07) is 0.333. The van der Waals surface area contributed by atoms with Gasteiger partial charge < -0.3 is 10.0 Å². The molecule has 0 amide bonds. The standard InChI is InChI=1S/C9H19NO3S/c1-8-6-9(11,7-10(8)2)4-5-14(3,12)13/h8,11H,4-7H2,1-3H3. The van der Waals surface area contributed by atoms with Crippen LogP contribution in [-0.4, -0.2) is 55.7 Å². The Balaban J connectivity index is 2.53. The van der Waals surface area contributed by atoms with Crippen LogP contribution in [0.1, 0.15) is 19.8 Å². The van der Waals surface area contributed by atoms with E-state index in [4.69, 9.17) is 0 Å². The highest BCUT2D eigenvalue weighted by Crippen LogP contribution is 2.28. The third-order valence-corrected chi connectivity index (χ3v) is 3.86. The Morgan fingerprint density at radius 2 is 2.14 bits per heavy atom. The van der Waals surface area contributed by atoms with Gasteiger partial charge in [-0.2, -0.15) is 0 Å². The number of nitrogens with zero attached hydrogens (tertiary/aromatic N) is 1. The van der Waals surface area contributed by atoms with Gasteiger partial charge in [-0.15, -0.1) is 0 Å². The lowest BCUT2D eigenvalue weighted by Crippen LogP contribution is -2.34. The highest BCUT2D eigenvalue weighted by molar-refractivity contribution is 7.90. The predicted octanol–water partition coefficient (Wildman–Crippen LogP) is -0.124. The van der Waals surface area contributed by atoms with E-state index in [1.54, 1.807) is 0 Å². The molecule has 84 valence electrons. The highest BCUT2D eigenvalue weighted by atomic mass is 32.2. The number of sulfone groups is 1. The average molecular weight is 221 g/mol. The van der Waals surface area contributed by atoms with Gasteiger partial charge in [-0.05, 0) is 26.8 Å². The molecule has 1 saturated heterocycles. The minimum Gasteiger partial charge on any atom is -0.388 e. The normalized spacial score (nSPS) is 35.0. The molecule has 5 heteroatoms. The van der Waals surface area contributed by atoms with Gasteiger partial charge in [-0.1, -0.05) is 0 Å². The first-order valence-electron chi connectivity index (χ1n) is 4.82. The summed E-state index contributed by atoms with van der Waals surface area (Å²) < 4.78 is 21.9. The maximum Gasteiger partial charge on any atom is 0.147 e. The Bertz CT molecular complexity index is 289. The minimum atomic E-state index is -2.96. The van der Waals surface area contributed by atoms with E-state index in [9.17, 15) is 13.5 Å². The molecule has 0 bridgehead atoms. The summed E-state index contributed by atoms with van der Waals surface area (Å²) in [5, 5.41) is 10.1. The SMILES string of the molecule is CC1CC(O)(CCS(C)(=O)=O)CN1C. The number of hydrogen-bond donors (Lipinski definition) is 1. The zero-order valence-corrected chi connectivity index (χ0v) is 9.84. The van der Waals surface area contributed by atoms with Crippen LogP contribution in [0.15, 0.2) is 0 Å². The molecule has 1 heterocycles. The van der Waals surface area contributed by atoms with E-state index in [0.717, 1.165) is 0 Å². The summed E-state index contributed by atoms with van der Waals surface area (Å²) in [4.78, 5) is 2.06. The van der Waals surface area contributed by atoms with Crippen molar-refractivity contribution in [3.05, 3.63) is 0 Å². The van der Waals surface area contributed by atoms with E-state index in [1.807, 2.05) is 14.0 Å². The second-order valence-electron chi connectivity index (χ2n) is 4.57. The van der Waals surface area contributed by atoms with Gasteiger partial charge in [0.1, 0.15) is 9.84 Å². The molecule has 0 aromatic heterocycles. The minimum absolute atomic E-state index is 0.0735. The van der Waals surface area contributed by atoms with Gasteiger partial charge >= 0.3 is 0 Å². The van der Waals surface area contributed by atoms with Crippen LogP contribution in [0.2, 0.25) is 0 Å². The van der Waals surface area contributed by atoms with Crippen molar-refractivity contribution in [2.24, 2.45) is 0 Å². The van der Waals surface area contributed by atoms with Gasteiger partial charge in [-0.3, -0.25) is 0 Å². The zero-order chi connectivity index (χ0) is 11.0. The maximum absolute atomic E-state index is 11.0. The molecule has 1 aliphatic heterocycles. The molecule has 0 radical (unpaired) electrons. The Kier molecular flexibility index (Phi) is 3.23. The summed E-state index contributed by atoms with van der Waals surface area (Å²) in [6.07, 6.45) is 2.22. The van der Waals surface area contributed by atoms with Crippen molar-refractivity contribution in [1.29, 1.82) is 0 Å². The monoisotopic (exact) mass is 221 g/mol. The average Bonchev–Trinajstić information content (AvgIpc) is 2.23. The summed E-state index contributed by atoms with van der Waals surface area (Å²) in [6.45, 7) is 2.61. The van der Waals surface area contributed by atoms with E-state index < -0.39 is 15.4 Å². The number of likely N-dealkylation sites (N-methyl/N-ethyl adjacent to an activating group) is 1. The fourth-order valence-corrected chi connectivity index (χ4v) is 2.70. The second-order valence-corrected chi connectivity index (χ2v) is 6.83. The van der Waals surface area contributed by atoms with Crippen LogP contribution in [0.25, 0.3) is 0 Å². The molecule has 2 unspecified atom stereocenters. The van der Waals surface area contributed by atoms with E-state index in [2.05, 4.69) is 4.90 Å². The van der Waals surface area contributed by atoms with Crippen LogP contribution in [0, 0.1) is 0 Å². The Morgan fingerprint density at radius 1 is 1.57 bits per heavy atom. The second kappa shape index (κ2) is 3.79. The Hall–Kier alpha value is -0.130. The van der Waals surface area contributed by atoms with E-state index in [-0.39, 0.29) is 5.75 Å². The molecule has 1 N–H and O–H groups in total. The highest BCUT2D eigenvalue weighted by Gasteiger charge is 2.38. The molecule has 1 rings (SSSR count). The van der Waals surface area contributed by atoms with Crippen molar-refractivity contribution in [3.8, 4) is 0 Å². The third-order valence-electron chi connectivity index (χ3n) is 2.91. The molecular formula is C9H19NO3S. The predicted molar refractivity (Wildman–Crippen MR) is 56.0 cm³/mol. The quantitative estimate of drug-likeness (QED) is 0.721. The maximum atomic E-state index is 11.0. The molecule has 0 spiro atoms. The van der Waals surface area contributed by atoms with Gasteiger partial charge in [0.05, 0.1) is 11.4 Å². The van der Waals surface area contributed by atoms with Gasteiger partial charge in [0, 0.05) is 18.8 Å². The fraction of sp³-hybridized carbons (Fsp3) is 1.00. The summed E-state index contributed by atoms with van der Waals surface area (Å²) in [7, 11) is -1.02. The van der Waals surface area contributed by atoms with Crippen molar-refractivity contribution in [3.63, 3.8) is 0 Å². The summed E-state index contributed by atoms with van der Waals surface area (Å²) >= 11 is 0. The Morgan fingerprint density at radius 3 is 2.50 bits per heavy atom. The number of likely N-dealkylation sites (tertiary alicyclic amines) is 1. The van der Waals surface area contributed by atoms with Gasteiger partial charge in [0.15, 0.2) is 0 Å². The molecular weight excluding hydrogens is 202 g/mol. The molecule has 14 heavy (non-hydrogen) atoms. The molecule has 2 atom stereocenters. The molecule has 1 aliphatic rings. The van der Waals surface area contributed by atoms with Gasteiger partial charge in [0.25, 0.3) is 0 Å². The topological polar surface area (TPSA) is 57.6 Å². The lowest BCUT2D eigenvalue weighted by atomic mass is 9.98. The van der Waals surface area contributed by atoms with Crippen molar-refractivity contribution in [1.82, 2.24) is 4.90 Å². The lowest BCUT2D eigenvalue weighted by Gasteiger charge is -2.21. The van der Waals surface area contributed by atoms with Crippen LogP contribution in [0.3, 0.4) is 0 Å². The summed E-state index contributed by atoms with van der Waals surface area (Å²) in [5.74, 6) is 0.0735. The molecule has 4 nitrogen and oxygen atoms in total. The van der Waals surface area contributed by atoms with Crippen molar-refractivity contribution >= 4 is 9.84 Å². The third kappa shape index (κ3) is 3.22. The lowest BCUT2D eigenvalue weighted by molar-refractivity contribution is 0.0486. The van der Waals surface area contributed by atoms with Gasteiger partial charge in [-0.25, -0.2) is 8.42 Å². The first kappa shape index (κ1) is 11.9. The van der Waals surface area contributed by atoms with Gasteiger partial charge in [0.2, 0.25) is 0 Å².